The van der Waals surface area contributed by atoms with Crippen LogP contribution >= 0.6 is 12.2 Å². The van der Waals surface area contributed by atoms with Gasteiger partial charge < -0.3 is 15.0 Å². The molecule has 2 heterocycles. The average Bonchev–Trinajstić information content (AvgIpc) is 3.08. The Morgan fingerprint density at radius 2 is 1.89 bits per heavy atom. The van der Waals surface area contributed by atoms with Crippen molar-refractivity contribution in [3.63, 3.8) is 0 Å². The summed E-state index contributed by atoms with van der Waals surface area (Å²) in [4.78, 5) is 19.2. The highest BCUT2D eigenvalue weighted by molar-refractivity contribution is 7.80. The second-order valence-corrected chi connectivity index (χ2v) is 7.70. The van der Waals surface area contributed by atoms with Crippen molar-refractivity contribution in [1.82, 2.24) is 10.2 Å². The van der Waals surface area contributed by atoms with E-state index in [9.17, 15) is 9.18 Å². The number of rotatable bonds is 8. The maximum absolute atomic E-state index is 12.5. The number of halogens is 1. The molecule has 28 heavy (non-hydrogen) atoms. The molecule has 154 valence electrons. The molecule has 1 amide bonds. The highest BCUT2D eigenvalue weighted by Crippen LogP contribution is 2.25. The lowest BCUT2D eigenvalue weighted by Gasteiger charge is -2.35. The van der Waals surface area contributed by atoms with Crippen LogP contribution in [0.3, 0.4) is 0 Å². The molecular weight excluding hydrogens is 379 g/mol. The predicted molar refractivity (Wildman–Crippen MR) is 114 cm³/mol. The molecule has 0 bridgehead atoms. The molecule has 6 nitrogen and oxygen atoms in total. The van der Waals surface area contributed by atoms with Crippen molar-refractivity contribution in [2.75, 3.05) is 62.3 Å². The van der Waals surface area contributed by atoms with Crippen LogP contribution in [0.5, 0.6) is 0 Å². The molecule has 0 saturated carbocycles. The van der Waals surface area contributed by atoms with E-state index in [-0.39, 0.29) is 18.9 Å². The number of amides is 1. The smallest absolute Gasteiger partial charge is 0.414 e. The number of hydrogen-bond acceptors (Lipinski definition) is 5. The highest BCUT2D eigenvalue weighted by Gasteiger charge is 2.32. The zero-order chi connectivity index (χ0) is 19.9. The quantitative estimate of drug-likeness (QED) is 0.668. The Kier molecular flexibility index (Phi) is 7.44. The molecule has 2 fully saturated rings. The first-order valence-corrected chi connectivity index (χ1v) is 10.4. The van der Waals surface area contributed by atoms with Crippen LogP contribution in [0.2, 0.25) is 0 Å². The van der Waals surface area contributed by atoms with E-state index in [1.807, 2.05) is 24.3 Å². The molecular formula is C20H29FN4O2S. The number of nitrogens with one attached hydrogen (secondary N) is 1. The van der Waals surface area contributed by atoms with E-state index in [1.54, 1.807) is 4.90 Å². The van der Waals surface area contributed by atoms with Gasteiger partial charge in [-0.1, -0.05) is 19.1 Å². The largest absolute Gasteiger partial charge is 0.442 e. The Labute approximate surface area is 171 Å². The minimum absolute atomic E-state index is 0.203. The lowest BCUT2D eigenvalue weighted by Crippen LogP contribution is -2.47. The Morgan fingerprint density at radius 1 is 1.21 bits per heavy atom. The van der Waals surface area contributed by atoms with Crippen LogP contribution in [0, 0.1) is 0 Å². The summed E-state index contributed by atoms with van der Waals surface area (Å²) in [6, 6.07) is 7.99. The van der Waals surface area contributed by atoms with Crippen molar-refractivity contribution in [1.29, 1.82) is 0 Å². The van der Waals surface area contributed by atoms with Gasteiger partial charge in [0.15, 0.2) is 0 Å². The van der Waals surface area contributed by atoms with E-state index in [1.165, 1.54) is 0 Å². The van der Waals surface area contributed by atoms with E-state index in [2.05, 4.69) is 22.0 Å². The standard InChI is InChI=1S/C20H29FN4O2S/c1-2-3-19(28)22-14-18-15-25(20(26)27-18)17-6-4-16(5-7-17)24-12-10-23(9-8-21)11-13-24/h4-7,18H,2-3,8-15H2,1H3,(H,22,28). The number of nitrogens with zero attached hydrogens (tertiary/aromatic N) is 3. The number of hydrogen-bond donors (Lipinski definition) is 1. The van der Waals surface area contributed by atoms with Crippen molar-refractivity contribution >= 4 is 34.7 Å². The summed E-state index contributed by atoms with van der Waals surface area (Å²) in [5.41, 5.74) is 1.96. The first kappa shape index (κ1) is 20.8. The van der Waals surface area contributed by atoms with Gasteiger partial charge in [-0.15, -0.1) is 0 Å². The number of alkyl halides is 1. The lowest BCUT2D eigenvalue weighted by atomic mass is 10.2. The monoisotopic (exact) mass is 408 g/mol. The van der Waals surface area contributed by atoms with Crippen molar-refractivity contribution in [2.24, 2.45) is 0 Å². The fourth-order valence-electron chi connectivity index (χ4n) is 3.57. The number of carbonyl (C=O) groups is 1. The molecule has 2 aliphatic rings. The van der Waals surface area contributed by atoms with Crippen LogP contribution in [0.1, 0.15) is 19.8 Å². The lowest BCUT2D eigenvalue weighted by molar-refractivity contribution is 0.143. The summed E-state index contributed by atoms with van der Waals surface area (Å²) in [5.74, 6) is 0. The van der Waals surface area contributed by atoms with Crippen LogP contribution in [-0.2, 0) is 4.74 Å². The number of ether oxygens (including phenoxy) is 1. The summed E-state index contributed by atoms with van der Waals surface area (Å²) in [6.45, 7) is 6.89. The molecule has 1 aromatic carbocycles. The zero-order valence-corrected chi connectivity index (χ0v) is 17.2. The fraction of sp³-hybridized carbons (Fsp3) is 0.600. The van der Waals surface area contributed by atoms with E-state index < -0.39 is 0 Å². The SMILES string of the molecule is CCCC(=S)NCC1CN(c2ccc(N3CCN(CCF)CC3)cc2)C(=O)O1. The molecule has 1 N–H and O–H groups in total. The molecule has 3 rings (SSSR count). The number of benzene rings is 1. The van der Waals surface area contributed by atoms with E-state index >= 15 is 0 Å². The molecule has 0 spiro atoms. The highest BCUT2D eigenvalue weighted by atomic mass is 32.1. The molecule has 0 aliphatic carbocycles. The van der Waals surface area contributed by atoms with Gasteiger partial charge in [-0.3, -0.25) is 9.80 Å². The Morgan fingerprint density at radius 3 is 2.54 bits per heavy atom. The van der Waals surface area contributed by atoms with Crippen LogP contribution < -0.4 is 15.1 Å². The van der Waals surface area contributed by atoms with Gasteiger partial charge in [0.25, 0.3) is 0 Å². The van der Waals surface area contributed by atoms with Crippen LogP contribution in [-0.4, -0.2) is 74.6 Å². The van der Waals surface area contributed by atoms with Crippen molar-refractivity contribution in [3.8, 4) is 0 Å². The normalized spacial score (nSPS) is 20.4. The van der Waals surface area contributed by atoms with Gasteiger partial charge in [0.2, 0.25) is 0 Å². The number of carbonyl (C=O) groups excluding carboxylic acids is 1. The average molecular weight is 409 g/mol. The summed E-state index contributed by atoms with van der Waals surface area (Å²) in [6.07, 6.45) is 1.33. The molecule has 1 aromatic rings. The Bertz CT molecular complexity index is 665. The topological polar surface area (TPSA) is 48.0 Å². The number of anilines is 2. The van der Waals surface area contributed by atoms with Crippen molar-refractivity contribution in [2.45, 2.75) is 25.9 Å². The van der Waals surface area contributed by atoms with E-state index in [0.717, 1.165) is 55.4 Å². The van der Waals surface area contributed by atoms with E-state index in [0.29, 0.717) is 19.6 Å². The first-order chi connectivity index (χ1) is 13.6. The Balaban J connectivity index is 1.52. The minimum Gasteiger partial charge on any atom is -0.442 e. The molecule has 0 radical (unpaired) electrons. The maximum Gasteiger partial charge on any atom is 0.414 e. The van der Waals surface area contributed by atoms with Crippen LogP contribution in [0.15, 0.2) is 24.3 Å². The van der Waals surface area contributed by atoms with Crippen LogP contribution in [0.4, 0.5) is 20.6 Å². The molecule has 1 atom stereocenters. The summed E-state index contributed by atoms with van der Waals surface area (Å²) >= 11 is 5.25. The van der Waals surface area contributed by atoms with Gasteiger partial charge in [-0.2, -0.15) is 0 Å². The van der Waals surface area contributed by atoms with Crippen molar-refractivity contribution < 1.29 is 13.9 Å². The summed E-state index contributed by atoms with van der Waals surface area (Å²) in [7, 11) is 0. The van der Waals surface area contributed by atoms with Crippen LogP contribution in [0.25, 0.3) is 0 Å². The molecule has 2 saturated heterocycles. The molecule has 8 heteroatoms. The fourth-order valence-corrected chi connectivity index (χ4v) is 3.86. The third-order valence-corrected chi connectivity index (χ3v) is 5.53. The number of thiocarbonyl (C=S) groups is 1. The first-order valence-electron chi connectivity index (χ1n) is 9.99. The minimum atomic E-state index is -0.319. The number of cyclic esters (lactones) is 1. The second kappa shape index (κ2) is 10.0. The third kappa shape index (κ3) is 5.32. The van der Waals surface area contributed by atoms with Crippen molar-refractivity contribution in [3.05, 3.63) is 24.3 Å². The summed E-state index contributed by atoms with van der Waals surface area (Å²) < 4.78 is 17.9. The molecule has 2 aliphatic heterocycles. The second-order valence-electron chi connectivity index (χ2n) is 7.20. The summed E-state index contributed by atoms with van der Waals surface area (Å²) in [5, 5.41) is 3.18. The van der Waals surface area contributed by atoms with Gasteiger partial charge >= 0.3 is 6.09 Å². The molecule has 0 aromatic heterocycles. The molecule has 1 unspecified atom stereocenters. The predicted octanol–water partition coefficient (Wildman–Crippen LogP) is 2.82. The Hall–Kier alpha value is -1.93. The third-order valence-electron chi connectivity index (χ3n) is 5.18. The van der Waals surface area contributed by atoms with Gasteiger partial charge in [0, 0.05) is 44.1 Å². The van der Waals surface area contributed by atoms with E-state index in [4.69, 9.17) is 17.0 Å². The maximum atomic E-state index is 12.5. The number of piperazine rings is 1. The zero-order valence-electron chi connectivity index (χ0n) is 16.4. The van der Waals surface area contributed by atoms with Gasteiger partial charge in [0.1, 0.15) is 12.8 Å². The van der Waals surface area contributed by atoms with Gasteiger partial charge in [-0.25, -0.2) is 9.18 Å². The van der Waals surface area contributed by atoms with Gasteiger partial charge in [0.05, 0.1) is 18.1 Å². The van der Waals surface area contributed by atoms with Gasteiger partial charge in [-0.05, 0) is 37.1 Å².